The van der Waals surface area contributed by atoms with Crippen LogP contribution in [0.2, 0.25) is 5.02 Å². The molecule has 0 amide bonds. The molecular formula is C11H14ClNO5S2. The number of hydrogen-bond donors (Lipinski definition) is 2. The number of aromatic carboxylic acids is 1. The molecule has 0 radical (unpaired) electrons. The summed E-state index contributed by atoms with van der Waals surface area (Å²) in [6.45, 7) is 1.59. The highest BCUT2D eigenvalue weighted by Crippen LogP contribution is 2.21. The maximum Gasteiger partial charge on any atom is 0.337 e. The van der Waals surface area contributed by atoms with Gasteiger partial charge in [-0.3, -0.25) is 4.21 Å². The lowest BCUT2D eigenvalue weighted by Gasteiger charge is -2.13. The van der Waals surface area contributed by atoms with Gasteiger partial charge in [0.05, 0.1) is 15.5 Å². The van der Waals surface area contributed by atoms with Crippen LogP contribution in [0, 0.1) is 0 Å². The summed E-state index contributed by atoms with van der Waals surface area (Å²) in [5, 5.41) is 8.66. The molecule has 2 atom stereocenters. The molecule has 0 heterocycles. The van der Waals surface area contributed by atoms with E-state index in [9.17, 15) is 17.4 Å². The lowest BCUT2D eigenvalue weighted by Crippen LogP contribution is -2.36. The van der Waals surface area contributed by atoms with Crippen molar-refractivity contribution in [3.05, 3.63) is 28.8 Å². The van der Waals surface area contributed by atoms with Gasteiger partial charge >= 0.3 is 5.97 Å². The van der Waals surface area contributed by atoms with Crippen molar-refractivity contribution in [1.82, 2.24) is 4.72 Å². The minimum absolute atomic E-state index is 0.138. The molecule has 0 bridgehead atoms. The van der Waals surface area contributed by atoms with E-state index < -0.39 is 32.8 Å². The molecule has 0 aliphatic heterocycles. The second kappa shape index (κ2) is 6.66. The van der Waals surface area contributed by atoms with Crippen molar-refractivity contribution in [2.45, 2.75) is 17.9 Å². The van der Waals surface area contributed by atoms with Crippen LogP contribution in [-0.2, 0) is 20.8 Å². The molecule has 2 unspecified atom stereocenters. The lowest BCUT2D eigenvalue weighted by atomic mass is 10.2. The number of carbonyl (C=O) groups is 1. The van der Waals surface area contributed by atoms with Gasteiger partial charge in [0.2, 0.25) is 10.0 Å². The third-order valence-electron chi connectivity index (χ3n) is 2.32. The first-order valence-electron chi connectivity index (χ1n) is 5.48. The number of carboxylic acids is 1. The molecule has 2 N–H and O–H groups in total. The molecule has 0 aromatic heterocycles. The van der Waals surface area contributed by atoms with E-state index in [1.165, 1.54) is 6.26 Å². The zero-order chi connectivity index (χ0) is 15.5. The van der Waals surface area contributed by atoms with Gasteiger partial charge in [-0.1, -0.05) is 11.6 Å². The van der Waals surface area contributed by atoms with E-state index in [1.807, 2.05) is 0 Å². The maximum atomic E-state index is 12.0. The van der Waals surface area contributed by atoms with Crippen molar-refractivity contribution in [3.8, 4) is 0 Å². The predicted octanol–water partition coefficient (Wildman–Crippen LogP) is 1.08. The summed E-state index contributed by atoms with van der Waals surface area (Å²) in [5.74, 6) is -1.05. The van der Waals surface area contributed by atoms with Gasteiger partial charge in [0.1, 0.15) is 0 Å². The van der Waals surface area contributed by atoms with Gasteiger partial charge in [-0.2, -0.15) is 0 Å². The molecule has 9 heteroatoms. The van der Waals surface area contributed by atoms with E-state index in [-0.39, 0.29) is 21.2 Å². The van der Waals surface area contributed by atoms with Gasteiger partial charge in [0, 0.05) is 28.9 Å². The first kappa shape index (κ1) is 17.1. The summed E-state index contributed by atoms with van der Waals surface area (Å²) < 4.78 is 37.5. The molecule has 112 valence electrons. The van der Waals surface area contributed by atoms with Gasteiger partial charge in [-0.05, 0) is 25.1 Å². The van der Waals surface area contributed by atoms with Crippen LogP contribution in [0.25, 0.3) is 0 Å². The Balaban J connectivity index is 3.02. The Morgan fingerprint density at radius 1 is 1.50 bits per heavy atom. The molecule has 20 heavy (non-hydrogen) atoms. The van der Waals surface area contributed by atoms with E-state index >= 15 is 0 Å². The van der Waals surface area contributed by atoms with Crippen LogP contribution in [-0.4, -0.2) is 41.8 Å². The van der Waals surface area contributed by atoms with Crippen molar-refractivity contribution < 1.29 is 22.5 Å². The SMILES string of the molecule is CC(CS(C)=O)NS(=O)(=O)c1ccc(C(=O)O)c(Cl)c1. The Morgan fingerprint density at radius 2 is 2.10 bits per heavy atom. The average Bonchev–Trinajstić information content (AvgIpc) is 2.25. The molecule has 1 aromatic carbocycles. The third kappa shape index (κ3) is 4.55. The summed E-state index contributed by atoms with van der Waals surface area (Å²) in [4.78, 5) is 10.7. The minimum atomic E-state index is -3.83. The Kier molecular flexibility index (Phi) is 5.69. The van der Waals surface area contributed by atoms with E-state index in [0.717, 1.165) is 18.2 Å². The highest BCUT2D eigenvalue weighted by molar-refractivity contribution is 7.89. The first-order chi connectivity index (χ1) is 9.13. The predicted molar refractivity (Wildman–Crippen MR) is 77.1 cm³/mol. The number of sulfonamides is 1. The summed E-state index contributed by atoms with van der Waals surface area (Å²) >= 11 is 5.73. The fraction of sp³-hybridized carbons (Fsp3) is 0.364. The van der Waals surface area contributed by atoms with Gasteiger partial charge in [0.25, 0.3) is 0 Å². The Bertz CT molecular complexity index is 644. The third-order valence-corrected chi connectivity index (χ3v) is 5.19. The standard InChI is InChI=1S/C11H14ClNO5S2/c1-7(6-19(2)16)13-20(17,18)8-3-4-9(11(14)15)10(12)5-8/h3-5,7,13H,6H2,1-2H3,(H,14,15). The van der Waals surface area contributed by atoms with Crippen molar-refractivity contribution in [2.75, 3.05) is 12.0 Å². The fourth-order valence-electron chi connectivity index (χ4n) is 1.56. The molecule has 1 aromatic rings. The molecule has 0 spiro atoms. The molecule has 0 saturated carbocycles. The van der Waals surface area contributed by atoms with E-state index in [2.05, 4.69) is 4.72 Å². The Hall–Kier alpha value is -0.960. The Morgan fingerprint density at radius 3 is 2.55 bits per heavy atom. The van der Waals surface area contributed by atoms with Crippen LogP contribution in [0.15, 0.2) is 23.1 Å². The van der Waals surface area contributed by atoms with Crippen LogP contribution >= 0.6 is 11.6 Å². The first-order valence-corrected chi connectivity index (χ1v) is 9.07. The van der Waals surface area contributed by atoms with Crippen LogP contribution in [0.4, 0.5) is 0 Å². The quantitative estimate of drug-likeness (QED) is 0.807. The van der Waals surface area contributed by atoms with Crippen molar-refractivity contribution in [2.24, 2.45) is 0 Å². The fourth-order valence-corrected chi connectivity index (χ4v) is 4.04. The summed E-state index contributed by atoms with van der Waals surface area (Å²) in [6, 6.07) is 2.85. The maximum absolute atomic E-state index is 12.0. The van der Waals surface area contributed by atoms with E-state index in [0.29, 0.717) is 0 Å². The normalized spacial score (nSPS) is 14.8. The number of benzene rings is 1. The molecule has 0 saturated heterocycles. The van der Waals surface area contributed by atoms with Gasteiger partial charge in [-0.15, -0.1) is 0 Å². The highest BCUT2D eigenvalue weighted by Gasteiger charge is 2.20. The number of carboxylic acid groups (broad SMARTS) is 1. The molecule has 0 aliphatic rings. The van der Waals surface area contributed by atoms with Crippen LogP contribution in [0.5, 0.6) is 0 Å². The lowest BCUT2D eigenvalue weighted by molar-refractivity contribution is 0.0697. The Labute approximate surface area is 124 Å². The average molecular weight is 340 g/mol. The zero-order valence-corrected chi connectivity index (χ0v) is 13.2. The number of halogens is 1. The highest BCUT2D eigenvalue weighted by atomic mass is 35.5. The number of rotatable bonds is 6. The summed E-state index contributed by atoms with van der Waals surface area (Å²) in [6.07, 6.45) is 1.48. The van der Waals surface area contributed by atoms with Crippen LogP contribution in [0.1, 0.15) is 17.3 Å². The van der Waals surface area contributed by atoms with Crippen LogP contribution in [0.3, 0.4) is 0 Å². The molecule has 6 nitrogen and oxygen atoms in total. The number of hydrogen-bond acceptors (Lipinski definition) is 4. The number of nitrogens with one attached hydrogen (secondary N) is 1. The second-order valence-corrected chi connectivity index (χ2v) is 7.81. The van der Waals surface area contributed by atoms with E-state index in [4.69, 9.17) is 16.7 Å². The van der Waals surface area contributed by atoms with Crippen molar-refractivity contribution in [3.63, 3.8) is 0 Å². The molecule has 1 rings (SSSR count). The monoisotopic (exact) mass is 339 g/mol. The van der Waals surface area contributed by atoms with Gasteiger partial charge < -0.3 is 5.11 Å². The molecule has 0 fully saturated rings. The van der Waals surface area contributed by atoms with Crippen molar-refractivity contribution in [1.29, 1.82) is 0 Å². The largest absolute Gasteiger partial charge is 0.478 e. The topological polar surface area (TPSA) is 101 Å². The molecular weight excluding hydrogens is 326 g/mol. The smallest absolute Gasteiger partial charge is 0.337 e. The summed E-state index contributed by atoms with van der Waals surface area (Å²) in [7, 11) is -4.96. The second-order valence-electron chi connectivity index (χ2n) is 4.21. The van der Waals surface area contributed by atoms with Gasteiger partial charge in [-0.25, -0.2) is 17.9 Å². The minimum Gasteiger partial charge on any atom is -0.478 e. The summed E-state index contributed by atoms with van der Waals surface area (Å²) in [5.41, 5.74) is -0.173. The molecule has 0 aliphatic carbocycles. The zero-order valence-electron chi connectivity index (χ0n) is 10.8. The van der Waals surface area contributed by atoms with Crippen LogP contribution < -0.4 is 4.72 Å². The van der Waals surface area contributed by atoms with Crippen molar-refractivity contribution >= 4 is 38.4 Å². The van der Waals surface area contributed by atoms with Gasteiger partial charge in [0.15, 0.2) is 0 Å². The van der Waals surface area contributed by atoms with E-state index in [1.54, 1.807) is 6.92 Å².